The molecule has 1 fully saturated rings. The summed E-state index contributed by atoms with van der Waals surface area (Å²) in [6.45, 7) is 5.44. The van der Waals surface area contributed by atoms with E-state index in [0.29, 0.717) is 25.3 Å². The lowest BCUT2D eigenvalue weighted by Crippen LogP contribution is -2.44. The van der Waals surface area contributed by atoms with Gasteiger partial charge in [0.05, 0.1) is 18.8 Å². The quantitative estimate of drug-likeness (QED) is 0.914. The first kappa shape index (κ1) is 18.1. The molecule has 2 heterocycles. The molecule has 0 radical (unpaired) electrons. The Morgan fingerprint density at radius 1 is 1.23 bits per heavy atom. The maximum absolute atomic E-state index is 12.2. The molecule has 1 saturated heterocycles. The summed E-state index contributed by atoms with van der Waals surface area (Å²) in [4.78, 5) is 29.9. The summed E-state index contributed by atoms with van der Waals surface area (Å²) < 4.78 is 5.80. The van der Waals surface area contributed by atoms with Gasteiger partial charge in [-0.2, -0.15) is 0 Å². The van der Waals surface area contributed by atoms with Crippen LogP contribution in [0.15, 0.2) is 42.6 Å². The van der Waals surface area contributed by atoms with Crippen LogP contribution < -0.4 is 5.73 Å². The fourth-order valence-electron chi connectivity index (χ4n) is 3.01. The predicted molar refractivity (Wildman–Crippen MR) is 98.3 cm³/mol. The SMILES string of the molecule is CC(C)C(=O)N1CCO[C@H](c2ccc(-c3cccc(C(N)=O)c3)cn2)C1. The minimum absolute atomic E-state index is 0.0263. The number of primary amides is 1. The van der Waals surface area contributed by atoms with Crippen LogP contribution in [-0.2, 0) is 9.53 Å². The van der Waals surface area contributed by atoms with Gasteiger partial charge in [-0.05, 0) is 23.8 Å². The summed E-state index contributed by atoms with van der Waals surface area (Å²) in [5.41, 5.74) is 8.36. The van der Waals surface area contributed by atoms with E-state index in [4.69, 9.17) is 10.5 Å². The summed E-state index contributed by atoms with van der Waals surface area (Å²) in [7, 11) is 0. The molecule has 2 amide bonds. The van der Waals surface area contributed by atoms with Crippen molar-refractivity contribution in [3.63, 3.8) is 0 Å². The molecule has 1 aromatic heterocycles. The fourth-order valence-corrected chi connectivity index (χ4v) is 3.01. The third-order valence-corrected chi connectivity index (χ3v) is 4.47. The van der Waals surface area contributed by atoms with E-state index in [9.17, 15) is 9.59 Å². The number of nitrogens with zero attached hydrogens (tertiary/aromatic N) is 2. The number of aromatic nitrogens is 1. The Kier molecular flexibility index (Phi) is 5.32. The fraction of sp³-hybridized carbons (Fsp3) is 0.350. The number of carbonyl (C=O) groups excluding carboxylic acids is 2. The number of pyridine rings is 1. The Labute approximate surface area is 153 Å². The van der Waals surface area contributed by atoms with Gasteiger partial charge in [0, 0.05) is 29.8 Å². The zero-order valence-corrected chi connectivity index (χ0v) is 15.0. The highest BCUT2D eigenvalue weighted by Crippen LogP contribution is 2.25. The van der Waals surface area contributed by atoms with Crippen LogP contribution in [0.1, 0.15) is 36.0 Å². The van der Waals surface area contributed by atoms with E-state index >= 15 is 0 Å². The Morgan fingerprint density at radius 3 is 2.69 bits per heavy atom. The second kappa shape index (κ2) is 7.66. The van der Waals surface area contributed by atoms with Gasteiger partial charge in [-0.15, -0.1) is 0 Å². The molecule has 1 aromatic carbocycles. The largest absolute Gasteiger partial charge is 0.368 e. The van der Waals surface area contributed by atoms with Crippen molar-refractivity contribution in [1.82, 2.24) is 9.88 Å². The molecule has 0 bridgehead atoms. The van der Waals surface area contributed by atoms with Crippen molar-refractivity contribution >= 4 is 11.8 Å². The second-order valence-electron chi connectivity index (χ2n) is 6.72. The average Bonchev–Trinajstić information content (AvgIpc) is 2.67. The lowest BCUT2D eigenvalue weighted by molar-refractivity contribution is -0.142. The minimum Gasteiger partial charge on any atom is -0.368 e. The third-order valence-electron chi connectivity index (χ3n) is 4.47. The lowest BCUT2D eigenvalue weighted by atomic mass is 10.0. The first-order valence-electron chi connectivity index (χ1n) is 8.72. The topological polar surface area (TPSA) is 85.5 Å². The summed E-state index contributed by atoms with van der Waals surface area (Å²) in [6.07, 6.45) is 1.53. The zero-order chi connectivity index (χ0) is 18.7. The van der Waals surface area contributed by atoms with Crippen LogP contribution in [0.25, 0.3) is 11.1 Å². The number of carbonyl (C=O) groups is 2. The van der Waals surface area contributed by atoms with Gasteiger partial charge in [0.1, 0.15) is 6.10 Å². The number of morpholine rings is 1. The number of hydrogen-bond acceptors (Lipinski definition) is 4. The normalized spacial score (nSPS) is 17.3. The maximum Gasteiger partial charge on any atom is 0.248 e. The zero-order valence-electron chi connectivity index (χ0n) is 15.0. The minimum atomic E-state index is -0.457. The highest BCUT2D eigenvalue weighted by molar-refractivity contribution is 5.94. The number of rotatable bonds is 4. The summed E-state index contributed by atoms with van der Waals surface area (Å²) in [6, 6.07) is 11.0. The van der Waals surface area contributed by atoms with Crippen LogP contribution in [0.3, 0.4) is 0 Å². The number of amides is 2. The molecule has 0 saturated carbocycles. The Bertz CT molecular complexity index is 802. The van der Waals surface area contributed by atoms with Crippen molar-refractivity contribution in [2.24, 2.45) is 11.7 Å². The van der Waals surface area contributed by atoms with Gasteiger partial charge in [-0.1, -0.05) is 32.0 Å². The molecule has 0 aliphatic carbocycles. The van der Waals surface area contributed by atoms with E-state index in [1.54, 1.807) is 24.4 Å². The van der Waals surface area contributed by atoms with Crippen LogP contribution in [0.5, 0.6) is 0 Å². The molecule has 26 heavy (non-hydrogen) atoms. The van der Waals surface area contributed by atoms with Gasteiger partial charge in [-0.25, -0.2) is 0 Å². The molecule has 3 rings (SSSR count). The highest BCUT2D eigenvalue weighted by Gasteiger charge is 2.27. The van der Waals surface area contributed by atoms with E-state index in [1.807, 2.05) is 36.9 Å². The van der Waals surface area contributed by atoms with Crippen LogP contribution in [-0.4, -0.2) is 41.4 Å². The monoisotopic (exact) mass is 353 g/mol. The van der Waals surface area contributed by atoms with Crippen molar-refractivity contribution in [3.05, 3.63) is 53.9 Å². The first-order valence-corrected chi connectivity index (χ1v) is 8.72. The van der Waals surface area contributed by atoms with E-state index in [0.717, 1.165) is 16.8 Å². The van der Waals surface area contributed by atoms with Crippen LogP contribution in [0, 0.1) is 5.92 Å². The van der Waals surface area contributed by atoms with Crippen LogP contribution in [0.4, 0.5) is 0 Å². The molecule has 1 aliphatic heterocycles. The number of nitrogens with two attached hydrogens (primary N) is 1. The smallest absolute Gasteiger partial charge is 0.248 e. The van der Waals surface area contributed by atoms with Crippen LogP contribution >= 0.6 is 0 Å². The molecule has 6 heteroatoms. The molecule has 6 nitrogen and oxygen atoms in total. The van der Waals surface area contributed by atoms with Gasteiger partial charge in [0.2, 0.25) is 11.8 Å². The standard InChI is InChI=1S/C20H23N3O3/c1-13(2)20(25)23-8-9-26-18(12-23)17-7-6-16(11-22-17)14-4-3-5-15(10-14)19(21)24/h3-7,10-11,13,18H,8-9,12H2,1-2H3,(H2,21,24)/t18-/m0/s1. The summed E-state index contributed by atoms with van der Waals surface area (Å²) in [5.74, 6) is -0.346. The van der Waals surface area contributed by atoms with Gasteiger partial charge < -0.3 is 15.4 Å². The van der Waals surface area contributed by atoms with Crippen LogP contribution in [0.2, 0.25) is 0 Å². The number of benzene rings is 1. The van der Waals surface area contributed by atoms with Gasteiger partial charge in [-0.3, -0.25) is 14.6 Å². The van der Waals surface area contributed by atoms with E-state index in [1.165, 1.54) is 0 Å². The van der Waals surface area contributed by atoms with E-state index in [2.05, 4.69) is 4.98 Å². The van der Waals surface area contributed by atoms with Gasteiger partial charge in [0.15, 0.2) is 0 Å². The Balaban J connectivity index is 1.76. The molecule has 0 unspecified atom stereocenters. The Hall–Kier alpha value is -2.73. The van der Waals surface area contributed by atoms with Gasteiger partial charge in [0.25, 0.3) is 0 Å². The highest BCUT2D eigenvalue weighted by atomic mass is 16.5. The molecule has 1 atom stereocenters. The molecular formula is C20H23N3O3. The third kappa shape index (κ3) is 3.91. The first-order chi connectivity index (χ1) is 12.5. The van der Waals surface area contributed by atoms with Crippen molar-refractivity contribution in [2.75, 3.05) is 19.7 Å². The lowest BCUT2D eigenvalue weighted by Gasteiger charge is -2.33. The predicted octanol–water partition coefficient (Wildman–Crippen LogP) is 2.40. The number of ether oxygens (including phenoxy) is 1. The van der Waals surface area contributed by atoms with Crippen molar-refractivity contribution < 1.29 is 14.3 Å². The molecule has 1 aliphatic rings. The summed E-state index contributed by atoms with van der Waals surface area (Å²) >= 11 is 0. The maximum atomic E-state index is 12.2. The average molecular weight is 353 g/mol. The molecular weight excluding hydrogens is 330 g/mol. The molecule has 2 N–H and O–H groups in total. The van der Waals surface area contributed by atoms with Crippen molar-refractivity contribution in [2.45, 2.75) is 20.0 Å². The van der Waals surface area contributed by atoms with Crippen molar-refractivity contribution in [1.29, 1.82) is 0 Å². The number of hydrogen-bond donors (Lipinski definition) is 1. The molecule has 2 aromatic rings. The second-order valence-corrected chi connectivity index (χ2v) is 6.72. The molecule has 0 spiro atoms. The van der Waals surface area contributed by atoms with E-state index < -0.39 is 5.91 Å². The van der Waals surface area contributed by atoms with Gasteiger partial charge >= 0.3 is 0 Å². The van der Waals surface area contributed by atoms with E-state index in [-0.39, 0.29) is 17.9 Å². The Morgan fingerprint density at radius 2 is 2.04 bits per heavy atom. The molecule has 136 valence electrons. The van der Waals surface area contributed by atoms with Crippen molar-refractivity contribution in [3.8, 4) is 11.1 Å². The summed E-state index contributed by atoms with van der Waals surface area (Å²) in [5, 5.41) is 0.